The van der Waals surface area contributed by atoms with E-state index in [4.69, 9.17) is 11.6 Å². The molecule has 7 nitrogen and oxygen atoms in total. The molecule has 188 valence electrons. The van der Waals surface area contributed by atoms with Gasteiger partial charge in [-0.2, -0.15) is 5.10 Å². The Kier molecular flexibility index (Phi) is 7.06. The van der Waals surface area contributed by atoms with Crippen molar-refractivity contribution in [2.45, 2.75) is 25.7 Å². The van der Waals surface area contributed by atoms with E-state index in [1.807, 2.05) is 43.4 Å². The van der Waals surface area contributed by atoms with Crippen LogP contribution in [-0.4, -0.2) is 44.6 Å². The van der Waals surface area contributed by atoms with Crippen molar-refractivity contribution in [2.75, 3.05) is 18.4 Å². The highest BCUT2D eigenvalue weighted by Crippen LogP contribution is 2.31. The van der Waals surface area contributed by atoms with Crippen LogP contribution >= 0.6 is 11.6 Å². The molecule has 8 heteroatoms. The van der Waals surface area contributed by atoms with Gasteiger partial charge in [-0.15, -0.1) is 0 Å². The summed E-state index contributed by atoms with van der Waals surface area (Å²) in [6.07, 6.45) is 7.23. The van der Waals surface area contributed by atoms with Crippen molar-refractivity contribution in [3.8, 4) is 11.1 Å². The van der Waals surface area contributed by atoms with Crippen molar-refractivity contribution in [1.29, 1.82) is 0 Å². The van der Waals surface area contributed by atoms with Gasteiger partial charge in [-0.25, -0.2) is 4.98 Å². The standard InChI is InChI=1S/C29H28ClN5O2/c1-19-5-6-23(16-26(19)33-28(36)25-4-3-13-31-27(25)30)29(37)35-14-11-22(12-15-35)20-7-9-21(10-8-20)24-17-32-34(2)18-24/h3-10,13,16-18,22H,11-12,14-15H2,1-2H3,(H,33,36). The number of aryl methyl sites for hydroxylation is 2. The van der Waals surface area contributed by atoms with Crippen LogP contribution in [-0.2, 0) is 7.05 Å². The van der Waals surface area contributed by atoms with Crippen molar-refractivity contribution in [2.24, 2.45) is 7.05 Å². The number of hydrogen-bond acceptors (Lipinski definition) is 4. The average molecular weight is 514 g/mol. The van der Waals surface area contributed by atoms with Gasteiger partial charge in [0.15, 0.2) is 0 Å². The van der Waals surface area contributed by atoms with E-state index in [9.17, 15) is 9.59 Å². The van der Waals surface area contributed by atoms with E-state index in [0.717, 1.165) is 29.5 Å². The number of hydrogen-bond donors (Lipinski definition) is 1. The molecule has 4 aromatic rings. The van der Waals surface area contributed by atoms with Crippen LogP contribution in [0.4, 0.5) is 5.69 Å². The number of aromatic nitrogens is 3. The Labute approximate surface area is 221 Å². The summed E-state index contributed by atoms with van der Waals surface area (Å²) in [6, 6.07) is 17.3. The third-order valence-electron chi connectivity index (χ3n) is 6.94. The first kappa shape index (κ1) is 24.7. The molecule has 2 aromatic heterocycles. The zero-order valence-electron chi connectivity index (χ0n) is 20.8. The molecule has 0 unspecified atom stereocenters. The first-order valence-electron chi connectivity index (χ1n) is 12.3. The molecule has 1 aliphatic heterocycles. The molecule has 37 heavy (non-hydrogen) atoms. The van der Waals surface area contributed by atoms with Gasteiger partial charge in [-0.1, -0.05) is 41.9 Å². The molecular weight excluding hydrogens is 486 g/mol. The molecule has 0 spiro atoms. The highest BCUT2D eigenvalue weighted by atomic mass is 35.5. The minimum atomic E-state index is -0.360. The third kappa shape index (κ3) is 5.42. The number of nitrogens with one attached hydrogen (secondary N) is 1. The first-order valence-corrected chi connectivity index (χ1v) is 12.7. The number of amides is 2. The minimum absolute atomic E-state index is 0.0275. The lowest BCUT2D eigenvalue weighted by Gasteiger charge is -2.32. The second kappa shape index (κ2) is 10.6. The van der Waals surface area contributed by atoms with Crippen molar-refractivity contribution in [3.63, 3.8) is 0 Å². The first-order chi connectivity index (χ1) is 17.9. The summed E-state index contributed by atoms with van der Waals surface area (Å²) in [7, 11) is 1.92. The number of pyridine rings is 1. The van der Waals surface area contributed by atoms with Crippen molar-refractivity contribution in [3.05, 3.63) is 101 Å². The van der Waals surface area contributed by atoms with E-state index in [1.165, 1.54) is 11.8 Å². The molecule has 1 aliphatic rings. The average Bonchev–Trinajstić information content (AvgIpc) is 3.36. The number of likely N-dealkylation sites (tertiary alicyclic amines) is 1. The lowest BCUT2D eigenvalue weighted by atomic mass is 9.88. The van der Waals surface area contributed by atoms with Gasteiger partial charge in [0.2, 0.25) is 0 Å². The third-order valence-corrected chi connectivity index (χ3v) is 7.24. The summed E-state index contributed by atoms with van der Waals surface area (Å²) >= 11 is 6.06. The van der Waals surface area contributed by atoms with Crippen LogP contribution in [0, 0.1) is 6.92 Å². The van der Waals surface area contributed by atoms with Crippen LogP contribution in [0.25, 0.3) is 11.1 Å². The van der Waals surface area contributed by atoms with Gasteiger partial charge in [0.1, 0.15) is 5.15 Å². The molecule has 0 radical (unpaired) electrons. The summed E-state index contributed by atoms with van der Waals surface area (Å²) in [5.41, 5.74) is 5.84. The zero-order chi connectivity index (χ0) is 25.9. The lowest BCUT2D eigenvalue weighted by molar-refractivity contribution is 0.0712. The summed E-state index contributed by atoms with van der Waals surface area (Å²) in [6.45, 7) is 3.27. The molecule has 1 saturated heterocycles. The van der Waals surface area contributed by atoms with Gasteiger partial charge in [-0.05, 0) is 66.6 Å². The molecule has 0 atom stereocenters. The molecule has 0 saturated carbocycles. The number of piperidine rings is 1. The molecule has 1 N–H and O–H groups in total. The summed E-state index contributed by atoms with van der Waals surface area (Å²) < 4.78 is 1.80. The number of anilines is 1. The van der Waals surface area contributed by atoms with Crippen LogP contribution in [0.5, 0.6) is 0 Å². The Morgan fingerprint density at radius 2 is 1.78 bits per heavy atom. The van der Waals surface area contributed by atoms with Gasteiger partial charge in [0.05, 0.1) is 11.8 Å². The lowest BCUT2D eigenvalue weighted by Crippen LogP contribution is -2.38. The van der Waals surface area contributed by atoms with E-state index in [-0.39, 0.29) is 22.5 Å². The number of rotatable bonds is 5. The van der Waals surface area contributed by atoms with Crippen LogP contribution < -0.4 is 5.32 Å². The van der Waals surface area contributed by atoms with Crippen LogP contribution in [0.1, 0.15) is 50.6 Å². The maximum atomic E-state index is 13.3. The summed E-state index contributed by atoms with van der Waals surface area (Å²) in [4.78, 5) is 31.9. The number of carbonyl (C=O) groups is 2. The fraction of sp³-hybridized carbons (Fsp3) is 0.241. The Hall–Kier alpha value is -3.97. The molecule has 5 rings (SSSR count). The number of carbonyl (C=O) groups excluding carboxylic acids is 2. The Morgan fingerprint density at radius 1 is 1.03 bits per heavy atom. The van der Waals surface area contributed by atoms with E-state index in [1.54, 1.807) is 22.9 Å². The summed E-state index contributed by atoms with van der Waals surface area (Å²) in [5.74, 6) is 0.0329. The maximum absolute atomic E-state index is 13.3. The molecule has 2 aromatic carbocycles. The van der Waals surface area contributed by atoms with E-state index in [2.05, 4.69) is 39.7 Å². The van der Waals surface area contributed by atoms with E-state index >= 15 is 0 Å². The fourth-order valence-corrected chi connectivity index (χ4v) is 4.96. The van der Waals surface area contributed by atoms with Gasteiger partial charge in [-0.3, -0.25) is 14.3 Å². The predicted molar refractivity (Wildman–Crippen MR) is 145 cm³/mol. The van der Waals surface area contributed by atoms with Crippen molar-refractivity contribution in [1.82, 2.24) is 19.7 Å². The van der Waals surface area contributed by atoms with E-state index in [0.29, 0.717) is 30.3 Å². The quantitative estimate of drug-likeness (QED) is 0.346. The van der Waals surface area contributed by atoms with Gasteiger partial charge < -0.3 is 10.2 Å². The second-order valence-electron chi connectivity index (χ2n) is 9.42. The van der Waals surface area contributed by atoms with Crippen molar-refractivity contribution >= 4 is 29.1 Å². The molecular formula is C29H28ClN5O2. The largest absolute Gasteiger partial charge is 0.339 e. The molecule has 3 heterocycles. The molecule has 0 bridgehead atoms. The highest BCUT2D eigenvalue weighted by molar-refractivity contribution is 6.33. The number of halogens is 1. The topological polar surface area (TPSA) is 80.1 Å². The Bertz CT molecular complexity index is 1440. The van der Waals surface area contributed by atoms with Gasteiger partial charge in [0, 0.05) is 49.3 Å². The smallest absolute Gasteiger partial charge is 0.258 e. The van der Waals surface area contributed by atoms with Gasteiger partial charge >= 0.3 is 0 Å². The number of benzene rings is 2. The van der Waals surface area contributed by atoms with Gasteiger partial charge in [0.25, 0.3) is 11.8 Å². The molecule has 0 aliphatic carbocycles. The van der Waals surface area contributed by atoms with Crippen LogP contribution in [0.3, 0.4) is 0 Å². The van der Waals surface area contributed by atoms with Crippen LogP contribution in [0.15, 0.2) is 73.2 Å². The summed E-state index contributed by atoms with van der Waals surface area (Å²) in [5, 5.41) is 7.26. The second-order valence-corrected chi connectivity index (χ2v) is 9.77. The highest BCUT2D eigenvalue weighted by Gasteiger charge is 2.25. The maximum Gasteiger partial charge on any atom is 0.258 e. The minimum Gasteiger partial charge on any atom is -0.339 e. The van der Waals surface area contributed by atoms with Crippen molar-refractivity contribution < 1.29 is 9.59 Å². The normalized spacial score (nSPS) is 14.0. The molecule has 2 amide bonds. The number of nitrogens with zero attached hydrogens (tertiary/aromatic N) is 4. The zero-order valence-corrected chi connectivity index (χ0v) is 21.6. The predicted octanol–water partition coefficient (Wildman–Crippen LogP) is 5.72. The SMILES string of the molecule is Cc1ccc(C(=O)N2CCC(c3ccc(-c4cnn(C)c4)cc3)CC2)cc1NC(=O)c1cccnc1Cl. The molecule has 1 fully saturated rings. The Morgan fingerprint density at radius 3 is 2.46 bits per heavy atom. The monoisotopic (exact) mass is 513 g/mol. The fourth-order valence-electron chi connectivity index (χ4n) is 4.75. The van der Waals surface area contributed by atoms with E-state index < -0.39 is 0 Å². The van der Waals surface area contributed by atoms with Crippen LogP contribution in [0.2, 0.25) is 5.15 Å². The Balaban J connectivity index is 1.22.